The van der Waals surface area contributed by atoms with E-state index >= 15 is 0 Å². The van der Waals surface area contributed by atoms with Crippen LogP contribution < -0.4 is 15.2 Å². The molecule has 2 aliphatic rings. The third-order valence-corrected chi connectivity index (χ3v) is 7.12. The summed E-state index contributed by atoms with van der Waals surface area (Å²) in [5, 5.41) is 0.739. The van der Waals surface area contributed by atoms with Gasteiger partial charge in [0.15, 0.2) is 5.16 Å². The Balaban J connectivity index is 1.41. The van der Waals surface area contributed by atoms with Gasteiger partial charge in [-0.05, 0) is 37.6 Å². The van der Waals surface area contributed by atoms with E-state index in [1.54, 1.807) is 11.7 Å². The second kappa shape index (κ2) is 8.71. The molecule has 0 saturated carbocycles. The summed E-state index contributed by atoms with van der Waals surface area (Å²) in [4.78, 5) is 34.8. The van der Waals surface area contributed by atoms with Crippen molar-refractivity contribution in [2.24, 2.45) is 5.92 Å². The molecule has 1 aromatic heterocycles. The molecule has 160 valence electrons. The summed E-state index contributed by atoms with van der Waals surface area (Å²) in [5.41, 5.74) is 2.71. The lowest BCUT2D eigenvalue weighted by Gasteiger charge is -2.38. The van der Waals surface area contributed by atoms with Crippen molar-refractivity contribution in [3.05, 3.63) is 45.9 Å². The average molecular weight is 429 g/mol. The van der Waals surface area contributed by atoms with Gasteiger partial charge in [0.05, 0.1) is 13.0 Å². The molecular formula is C22H28N4O3S. The van der Waals surface area contributed by atoms with Crippen LogP contribution in [0.5, 0.6) is 5.75 Å². The van der Waals surface area contributed by atoms with Crippen LogP contribution in [0, 0.1) is 12.8 Å². The summed E-state index contributed by atoms with van der Waals surface area (Å²) in [6.07, 6.45) is 0.661. The number of thioether (sulfide) groups is 1. The molecule has 2 aliphatic heterocycles. The SMILES string of the molecule is CCc1c(C)nc2n(c1=O)CC(C(=O)N1CCN(c3ccc(OC)cc3)CC1)CS2. The quantitative estimate of drug-likeness (QED) is 0.696. The fourth-order valence-corrected chi connectivity index (χ4v) is 5.30. The number of aryl methyl sites for hydroxylation is 1. The molecule has 0 aliphatic carbocycles. The molecule has 3 heterocycles. The number of carbonyl (C=O) groups excluding carboxylic acids is 1. The fourth-order valence-electron chi connectivity index (χ4n) is 4.19. The number of methoxy groups -OCH3 is 1. The minimum absolute atomic E-state index is 0.00863. The minimum Gasteiger partial charge on any atom is -0.497 e. The summed E-state index contributed by atoms with van der Waals surface area (Å²) in [6.45, 7) is 7.28. The molecule has 0 radical (unpaired) electrons. The molecule has 1 fully saturated rings. The first-order valence-corrected chi connectivity index (χ1v) is 11.4. The number of ether oxygens (including phenoxy) is 1. The molecule has 1 saturated heterocycles. The molecule has 0 N–H and O–H groups in total. The van der Waals surface area contributed by atoms with Crippen molar-refractivity contribution in [3.63, 3.8) is 0 Å². The third-order valence-electron chi connectivity index (χ3n) is 5.98. The minimum atomic E-state index is -0.179. The summed E-state index contributed by atoms with van der Waals surface area (Å²) in [5.74, 6) is 1.48. The van der Waals surface area contributed by atoms with Crippen molar-refractivity contribution in [1.82, 2.24) is 14.5 Å². The zero-order chi connectivity index (χ0) is 21.3. The van der Waals surface area contributed by atoms with Gasteiger partial charge in [0.25, 0.3) is 5.56 Å². The van der Waals surface area contributed by atoms with Gasteiger partial charge in [-0.2, -0.15) is 0 Å². The Morgan fingerprint density at radius 1 is 1.20 bits per heavy atom. The Hall–Kier alpha value is -2.48. The number of amides is 1. The number of anilines is 1. The number of hydrogen-bond acceptors (Lipinski definition) is 6. The lowest BCUT2D eigenvalue weighted by molar-refractivity contribution is -0.135. The Morgan fingerprint density at radius 2 is 1.90 bits per heavy atom. The summed E-state index contributed by atoms with van der Waals surface area (Å²) < 4.78 is 6.93. The smallest absolute Gasteiger partial charge is 0.257 e. The molecule has 2 aromatic rings. The van der Waals surface area contributed by atoms with Crippen molar-refractivity contribution < 1.29 is 9.53 Å². The topological polar surface area (TPSA) is 67.7 Å². The second-order valence-electron chi connectivity index (χ2n) is 7.75. The van der Waals surface area contributed by atoms with E-state index < -0.39 is 0 Å². The van der Waals surface area contributed by atoms with Crippen LogP contribution in [-0.2, 0) is 17.8 Å². The number of piperazine rings is 1. The van der Waals surface area contributed by atoms with Gasteiger partial charge in [0.1, 0.15) is 5.75 Å². The monoisotopic (exact) mass is 428 g/mol. The largest absolute Gasteiger partial charge is 0.497 e. The predicted octanol–water partition coefficient (Wildman–Crippen LogP) is 2.19. The standard InChI is InChI=1S/C22H28N4O3S/c1-4-19-15(2)23-22-26(21(19)28)13-16(14-30-22)20(27)25-11-9-24(10-12-25)17-5-7-18(29-3)8-6-17/h5-8,16H,4,9-14H2,1-3H3. The first-order chi connectivity index (χ1) is 14.5. The van der Waals surface area contributed by atoms with E-state index in [1.165, 1.54) is 11.8 Å². The lowest BCUT2D eigenvalue weighted by Crippen LogP contribution is -2.52. The third kappa shape index (κ3) is 3.93. The highest BCUT2D eigenvalue weighted by molar-refractivity contribution is 7.99. The molecule has 1 unspecified atom stereocenters. The fraction of sp³-hybridized carbons (Fsp3) is 0.500. The Labute approximate surface area is 181 Å². The van der Waals surface area contributed by atoms with E-state index in [0.29, 0.717) is 31.8 Å². The molecule has 30 heavy (non-hydrogen) atoms. The molecule has 1 amide bonds. The van der Waals surface area contributed by atoms with E-state index in [-0.39, 0.29) is 17.4 Å². The van der Waals surface area contributed by atoms with E-state index in [9.17, 15) is 9.59 Å². The predicted molar refractivity (Wildman–Crippen MR) is 119 cm³/mol. The van der Waals surface area contributed by atoms with Crippen molar-refractivity contribution in [1.29, 1.82) is 0 Å². The molecule has 8 heteroatoms. The van der Waals surface area contributed by atoms with Gasteiger partial charge >= 0.3 is 0 Å². The van der Waals surface area contributed by atoms with Crippen LogP contribution in [0.3, 0.4) is 0 Å². The van der Waals surface area contributed by atoms with Gasteiger partial charge in [0.2, 0.25) is 5.91 Å². The van der Waals surface area contributed by atoms with Crippen LogP contribution in [0.15, 0.2) is 34.2 Å². The zero-order valence-corrected chi connectivity index (χ0v) is 18.6. The molecule has 1 atom stereocenters. The zero-order valence-electron chi connectivity index (χ0n) is 17.8. The van der Waals surface area contributed by atoms with Gasteiger partial charge in [-0.25, -0.2) is 4.98 Å². The first kappa shape index (κ1) is 20.8. The normalized spacial score (nSPS) is 18.8. The number of rotatable bonds is 4. The van der Waals surface area contributed by atoms with Crippen molar-refractivity contribution in [2.45, 2.75) is 32.0 Å². The van der Waals surface area contributed by atoms with Crippen LogP contribution in [-0.4, -0.2) is 59.4 Å². The van der Waals surface area contributed by atoms with Gasteiger partial charge in [-0.1, -0.05) is 18.7 Å². The molecule has 0 spiro atoms. The van der Waals surface area contributed by atoms with Crippen molar-refractivity contribution >= 4 is 23.4 Å². The van der Waals surface area contributed by atoms with Crippen LogP contribution in [0.2, 0.25) is 0 Å². The Kier molecular flexibility index (Phi) is 6.04. The number of carbonyl (C=O) groups is 1. The maximum Gasteiger partial charge on any atom is 0.257 e. The lowest BCUT2D eigenvalue weighted by atomic mass is 10.1. The molecular weight excluding hydrogens is 400 g/mol. The van der Waals surface area contributed by atoms with Crippen LogP contribution in [0.1, 0.15) is 18.2 Å². The molecule has 7 nitrogen and oxygen atoms in total. The highest BCUT2D eigenvalue weighted by Gasteiger charge is 2.32. The van der Waals surface area contributed by atoms with E-state index in [4.69, 9.17) is 4.74 Å². The maximum absolute atomic E-state index is 13.2. The molecule has 1 aromatic carbocycles. The van der Waals surface area contributed by atoms with Gasteiger partial charge in [-0.3, -0.25) is 14.2 Å². The van der Waals surface area contributed by atoms with E-state index in [1.807, 2.05) is 30.9 Å². The van der Waals surface area contributed by atoms with Crippen LogP contribution in [0.25, 0.3) is 0 Å². The summed E-state index contributed by atoms with van der Waals surface area (Å²) in [7, 11) is 1.66. The number of benzene rings is 1. The first-order valence-electron chi connectivity index (χ1n) is 10.4. The number of fused-ring (bicyclic) bond motifs is 1. The molecule has 4 rings (SSSR count). The van der Waals surface area contributed by atoms with E-state index in [2.05, 4.69) is 22.0 Å². The highest BCUT2D eigenvalue weighted by atomic mass is 32.2. The number of aromatic nitrogens is 2. The number of nitrogens with zero attached hydrogens (tertiary/aromatic N) is 4. The van der Waals surface area contributed by atoms with Gasteiger partial charge in [-0.15, -0.1) is 0 Å². The van der Waals surface area contributed by atoms with Gasteiger partial charge < -0.3 is 14.5 Å². The van der Waals surface area contributed by atoms with E-state index in [0.717, 1.165) is 40.9 Å². The van der Waals surface area contributed by atoms with Crippen LogP contribution >= 0.6 is 11.8 Å². The number of hydrogen-bond donors (Lipinski definition) is 0. The Bertz CT molecular complexity index is 981. The van der Waals surface area contributed by atoms with Crippen LogP contribution in [0.4, 0.5) is 5.69 Å². The van der Waals surface area contributed by atoms with Gasteiger partial charge in [0, 0.05) is 55.4 Å². The second-order valence-corrected chi connectivity index (χ2v) is 8.73. The van der Waals surface area contributed by atoms with Crippen molar-refractivity contribution in [2.75, 3.05) is 43.9 Å². The Morgan fingerprint density at radius 3 is 2.53 bits per heavy atom. The maximum atomic E-state index is 13.2. The van der Waals surface area contributed by atoms with Crippen molar-refractivity contribution in [3.8, 4) is 5.75 Å². The highest BCUT2D eigenvalue weighted by Crippen LogP contribution is 2.28. The summed E-state index contributed by atoms with van der Waals surface area (Å²) >= 11 is 1.52. The molecule has 0 bridgehead atoms. The average Bonchev–Trinajstić information content (AvgIpc) is 2.79. The summed E-state index contributed by atoms with van der Waals surface area (Å²) in [6, 6.07) is 8.03.